The van der Waals surface area contributed by atoms with E-state index in [0.717, 1.165) is 25.3 Å². The van der Waals surface area contributed by atoms with E-state index in [9.17, 15) is 4.79 Å². The summed E-state index contributed by atoms with van der Waals surface area (Å²) in [5, 5.41) is 3.12. The summed E-state index contributed by atoms with van der Waals surface area (Å²) in [6, 6.07) is 16.8. The van der Waals surface area contributed by atoms with E-state index in [1.807, 2.05) is 43.3 Å². The number of hydrogen-bond donors (Lipinski definition) is 1. The molecule has 4 rings (SSSR count). The minimum Gasteiger partial charge on any atom is -0.484 e. The number of aryl methyl sites for hydroxylation is 2. The number of carbonyl (C=O) groups excluding carboxylic acids is 1. The summed E-state index contributed by atoms with van der Waals surface area (Å²) >= 11 is 0. The Bertz CT molecular complexity index is 824. The lowest BCUT2D eigenvalue weighted by Gasteiger charge is -2.35. The van der Waals surface area contributed by atoms with Crippen LogP contribution in [0.5, 0.6) is 5.75 Å². The van der Waals surface area contributed by atoms with Gasteiger partial charge in [0.15, 0.2) is 6.61 Å². The van der Waals surface area contributed by atoms with Crippen LogP contribution in [0.3, 0.4) is 0 Å². The number of carbonyl (C=O) groups is 1. The predicted molar refractivity (Wildman–Crippen MR) is 108 cm³/mol. The van der Waals surface area contributed by atoms with E-state index in [1.165, 1.54) is 16.7 Å². The number of fused-ring (bicyclic) bond motifs is 1. The number of morpholine rings is 1. The third kappa shape index (κ3) is 4.37. The summed E-state index contributed by atoms with van der Waals surface area (Å²) in [6.07, 6.45) is 1.04. The molecule has 1 N–H and O–H groups in total. The maximum Gasteiger partial charge on any atom is 0.258 e. The lowest BCUT2D eigenvalue weighted by atomic mass is 10.1. The van der Waals surface area contributed by atoms with Crippen molar-refractivity contribution in [2.24, 2.45) is 0 Å². The fraction of sp³-hybridized carbons (Fsp3) is 0.435. The number of nitrogens with one attached hydrogen (secondary N) is 1. The molecule has 0 spiro atoms. The fourth-order valence-corrected chi connectivity index (χ4v) is 4.07. The molecular weight excluding hydrogens is 352 g/mol. The van der Waals surface area contributed by atoms with Crippen LogP contribution in [0.25, 0.3) is 0 Å². The predicted octanol–water partition coefficient (Wildman–Crippen LogP) is 3.01. The van der Waals surface area contributed by atoms with Gasteiger partial charge >= 0.3 is 0 Å². The number of nitrogens with zero attached hydrogens (tertiary/aromatic N) is 1. The molecule has 2 aromatic carbocycles. The van der Waals surface area contributed by atoms with Gasteiger partial charge in [0, 0.05) is 25.2 Å². The van der Waals surface area contributed by atoms with E-state index in [2.05, 4.69) is 29.3 Å². The van der Waals surface area contributed by atoms with E-state index in [1.54, 1.807) is 0 Å². The van der Waals surface area contributed by atoms with Crippen molar-refractivity contribution in [2.75, 3.05) is 26.3 Å². The molecule has 0 saturated carbocycles. The summed E-state index contributed by atoms with van der Waals surface area (Å²) in [4.78, 5) is 14.8. The molecule has 5 heteroatoms. The Kier molecular flexibility index (Phi) is 5.64. The van der Waals surface area contributed by atoms with Crippen LogP contribution in [0.4, 0.5) is 0 Å². The SMILES string of the molecule is Cc1ccc(OCC(=O)N[C@H]2C[C@H]3CO[C@@H](c4ccccc4)CN3C2)cc1C. The first-order valence-electron chi connectivity index (χ1n) is 9.98. The van der Waals surface area contributed by atoms with Gasteiger partial charge in [-0.2, -0.15) is 0 Å². The second kappa shape index (κ2) is 8.33. The van der Waals surface area contributed by atoms with Gasteiger partial charge in [0.2, 0.25) is 0 Å². The molecular formula is C23H28N2O3. The van der Waals surface area contributed by atoms with Crippen molar-refractivity contribution in [1.29, 1.82) is 0 Å². The van der Waals surface area contributed by atoms with E-state index < -0.39 is 0 Å². The number of amides is 1. The smallest absolute Gasteiger partial charge is 0.258 e. The molecule has 0 aromatic heterocycles. The van der Waals surface area contributed by atoms with Crippen LogP contribution in [-0.4, -0.2) is 49.2 Å². The van der Waals surface area contributed by atoms with Gasteiger partial charge in [0.05, 0.1) is 12.7 Å². The zero-order chi connectivity index (χ0) is 19.5. The molecule has 0 aliphatic carbocycles. The number of rotatable bonds is 5. The standard InChI is InChI=1S/C23H28N2O3/c1-16-8-9-21(10-17(16)2)27-15-23(26)24-19-11-20-14-28-22(13-25(20)12-19)18-6-4-3-5-7-18/h3-10,19-20,22H,11-15H2,1-2H3,(H,24,26)/t19-,20-,22+/m0/s1. The van der Waals surface area contributed by atoms with Gasteiger partial charge in [-0.05, 0) is 49.1 Å². The minimum atomic E-state index is -0.0661. The highest BCUT2D eigenvalue weighted by molar-refractivity contribution is 5.77. The molecule has 28 heavy (non-hydrogen) atoms. The first-order valence-corrected chi connectivity index (χ1v) is 9.98. The van der Waals surface area contributed by atoms with Gasteiger partial charge < -0.3 is 14.8 Å². The van der Waals surface area contributed by atoms with Crippen molar-refractivity contribution in [2.45, 2.75) is 38.5 Å². The van der Waals surface area contributed by atoms with Gasteiger partial charge in [0.25, 0.3) is 5.91 Å². The zero-order valence-corrected chi connectivity index (χ0v) is 16.6. The van der Waals surface area contributed by atoms with E-state index in [-0.39, 0.29) is 24.7 Å². The molecule has 0 bridgehead atoms. The van der Waals surface area contributed by atoms with Crippen molar-refractivity contribution >= 4 is 5.91 Å². The van der Waals surface area contributed by atoms with Crippen molar-refractivity contribution < 1.29 is 14.3 Å². The Labute approximate surface area is 166 Å². The van der Waals surface area contributed by atoms with Crippen LogP contribution in [0.2, 0.25) is 0 Å². The van der Waals surface area contributed by atoms with Gasteiger partial charge in [0.1, 0.15) is 5.75 Å². The topological polar surface area (TPSA) is 50.8 Å². The van der Waals surface area contributed by atoms with E-state index in [4.69, 9.17) is 9.47 Å². The van der Waals surface area contributed by atoms with Crippen LogP contribution in [-0.2, 0) is 9.53 Å². The first-order chi connectivity index (χ1) is 13.6. The normalized spacial score (nSPS) is 24.6. The first kappa shape index (κ1) is 19.0. The van der Waals surface area contributed by atoms with Gasteiger partial charge in [-0.25, -0.2) is 0 Å². The quantitative estimate of drug-likeness (QED) is 0.866. The summed E-state index contributed by atoms with van der Waals surface area (Å²) in [7, 11) is 0. The van der Waals surface area contributed by atoms with Crippen LogP contribution in [0.1, 0.15) is 29.2 Å². The molecule has 2 aromatic rings. The minimum absolute atomic E-state index is 0.0484. The lowest BCUT2D eigenvalue weighted by molar-refractivity contribution is -0.123. The van der Waals surface area contributed by atoms with E-state index >= 15 is 0 Å². The third-order valence-corrected chi connectivity index (χ3v) is 5.80. The highest BCUT2D eigenvalue weighted by Crippen LogP contribution is 2.30. The average molecular weight is 380 g/mol. The molecule has 2 fully saturated rings. The average Bonchev–Trinajstić information content (AvgIpc) is 3.11. The Morgan fingerprint density at radius 1 is 1.14 bits per heavy atom. The maximum atomic E-state index is 12.3. The van der Waals surface area contributed by atoms with Crippen LogP contribution >= 0.6 is 0 Å². The second-order valence-electron chi connectivity index (χ2n) is 7.88. The molecule has 2 saturated heterocycles. The Morgan fingerprint density at radius 3 is 2.75 bits per heavy atom. The van der Waals surface area contributed by atoms with Gasteiger partial charge in [-0.1, -0.05) is 36.4 Å². The maximum absolute atomic E-state index is 12.3. The summed E-state index contributed by atoms with van der Waals surface area (Å²) in [5.41, 5.74) is 3.60. The largest absolute Gasteiger partial charge is 0.484 e. The number of hydrogen-bond acceptors (Lipinski definition) is 4. The summed E-state index contributed by atoms with van der Waals surface area (Å²) in [5.74, 6) is 0.671. The summed E-state index contributed by atoms with van der Waals surface area (Å²) < 4.78 is 11.7. The highest BCUT2D eigenvalue weighted by Gasteiger charge is 2.38. The second-order valence-corrected chi connectivity index (χ2v) is 7.88. The molecule has 3 atom stereocenters. The molecule has 2 aliphatic heterocycles. The molecule has 2 aliphatic rings. The zero-order valence-electron chi connectivity index (χ0n) is 16.6. The lowest BCUT2D eigenvalue weighted by Crippen LogP contribution is -2.43. The third-order valence-electron chi connectivity index (χ3n) is 5.80. The summed E-state index contributed by atoms with van der Waals surface area (Å²) in [6.45, 7) is 6.61. The molecule has 2 heterocycles. The van der Waals surface area contributed by atoms with Crippen LogP contribution in [0.15, 0.2) is 48.5 Å². The Morgan fingerprint density at radius 2 is 1.96 bits per heavy atom. The molecule has 148 valence electrons. The molecule has 0 unspecified atom stereocenters. The number of benzene rings is 2. The van der Waals surface area contributed by atoms with Gasteiger partial charge in [-0.15, -0.1) is 0 Å². The molecule has 0 radical (unpaired) electrons. The van der Waals surface area contributed by atoms with Crippen molar-refractivity contribution in [3.63, 3.8) is 0 Å². The fourth-order valence-electron chi connectivity index (χ4n) is 4.07. The van der Waals surface area contributed by atoms with Crippen LogP contribution < -0.4 is 10.1 Å². The van der Waals surface area contributed by atoms with Crippen molar-refractivity contribution in [3.05, 3.63) is 65.2 Å². The van der Waals surface area contributed by atoms with Gasteiger partial charge in [-0.3, -0.25) is 9.69 Å². The molecule has 5 nitrogen and oxygen atoms in total. The Balaban J connectivity index is 1.26. The van der Waals surface area contributed by atoms with Crippen LogP contribution in [0, 0.1) is 13.8 Å². The highest BCUT2D eigenvalue weighted by atomic mass is 16.5. The van der Waals surface area contributed by atoms with Crippen molar-refractivity contribution in [3.8, 4) is 5.75 Å². The molecule has 1 amide bonds. The Hall–Kier alpha value is -2.37. The van der Waals surface area contributed by atoms with Crippen molar-refractivity contribution in [1.82, 2.24) is 10.2 Å². The monoisotopic (exact) mass is 380 g/mol. The van der Waals surface area contributed by atoms with E-state index in [0.29, 0.717) is 12.6 Å². The number of ether oxygens (including phenoxy) is 2.